The summed E-state index contributed by atoms with van der Waals surface area (Å²) >= 11 is 0. The van der Waals surface area contributed by atoms with Crippen molar-refractivity contribution in [1.82, 2.24) is 10.3 Å². The van der Waals surface area contributed by atoms with Crippen LogP contribution in [0, 0.1) is 0 Å². The zero-order valence-electron chi connectivity index (χ0n) is 10.4. The largest absolute Gasteiger partial charge is 0.345 e. The van der Waals surface area contributed by atoms with Crippen LogP contribution in [0.25, 0.3) is 0 Å². The third-order valence-corrected chi connectivity index (χ3v) is 2.64. The lowest BCUT2D eigenvalue weighted by Crippen LogP contribution is -2.31. The molecule has 4 nitrogen and oxygen atoms in total. The van der Waals surface area contributed by atoms with Gasteiger partial charge in [0.1, 0.15) is 0 Å². The first kappa shape index (κ1) is 13.0. The SMILES string of the molecule is O=C(Cc1ccccc1)C(=O)NCc1cccnc1. The summed E-state index contributed by atoms with van der Waals surface area (Å²) in [4.78, 5) is 27.3. The highest BCUT2D eigenvalue weighted by Crippen LogP contribution is 2.00. The van der Waals surface area contributed by atoms with Crippen LogP contribution in [-0.4, -0.2) is 16.7 Å². The van der Waals surface area contributed by atoms with Crippen molar-refractivity contribution in [2.75, 3.05) is 0 Å². The molecule has 0 aliphatic heterocycles. The molecule has 0 unspecified atom stereocenters. The molecular weight excluding hydrogens is 240 g/mol. The van der Waals surface area contributed by atoms with Crippen LogP contribution in [0.4, 0.5) is 0 Å². The van der Waals surface area contributed by atoms with E-state index < -0.39 is 11.7 Å². The van der Waals surface area contributed by atoms with Crippen LogP contribution in [0.3, 0.4) is 0 Å². The fourth-order valence-electron chi connectivity index (χ4n) is 1.65. The second-order valence-corrected chi connectivity index (χ2v) is 4.13. The van der Waals surface area contributed by atoms with E-state index in [1.54, 1.807) is 18.5 Å². The number of hydrogen-bond acceptors (Lipinski definition) is 3. The molecular formula is C15H14N2O2. The van der Waals surface area contributed by atoms with Crippen molar-refractivity contribution in [3.63, 3.8) is 0 Å². The number of amides is 1. The minimum absolute atomic E-state index is 0.125. The first-order valence-corrected chi connectivity index (χ1v) is 5.99. The number of rotatable bonds is 5. The molecule has 0 aliphatic carbocycles. The van der Waals surface area contributed by atoms with E-state index in [0.29, 0.717) is 6.54 Å². The van der Waals surface area contributed by atoms with Gasteiger partial charge in [0.05, 0.1) is 0 Å². The fourth-order valence-corrected chi connectivity index (χ4v) is 1.65. The topological polar surface area (TPSA) is 59.1 Å². The second kappa shape index (κ2) is 6.44. The molecule has 0 fully saturated rings. The van der Waals surface area contributed by atoms with Gasteiger partial charge in [-0.2, -0.15) is 0 Å². The van der Waals surface area contributed by atoms with E-state index in [4.69, 9.17) is 0 Å². The number of ketones is 1. The molecule has 1 aromatic carbocycles. The average Bonchev–Trinajstić information content (AvgIpc) is 2.47. The Kier molecular flexibility index (Phi) is 4.39. The number of benzene rings is 1. The van der Waals surface area contributed by atoms with Crippen molar-refractivity contribution in [1.29, 1.82) is 0 Å². The Balaban J connectivity index is 1.85. The Morgan fingerprint density at radius 1 is 1.00 bits per heavy atom. The van der Waals surface area contributed by atoms with Crippen molar-refractivity contribution < 1.29 is 9.59 Å². The molecule has 0 bridgehead atoms. The molecule has 0 aliphatic rings. The Labute approximate surface area is 111 Å². The minimum atomic E-state index is -0.562. The Morgan fingerprint density at radius 2 is 1.74 bits per heavy atom. The number of nitrogens with zero attached hydrogens (tertiary/aromatic N) is 1. The van der Waals surface area contributed by atoms with Gasteiger partial charge in [0.25, 0.3) is 5.91 Å². The lowest BCUT2D eigenvalue weighted by molar-refractivity contribution is -0.137. The summed E-state index contributed by atoms with van der Waals surface area (Å²) in [6.45, 7) is 0.313. The van der Waals surface area contributed by atoms with Crippen LogP contribution in [0.1, 0.15) is 11.1 Å². The standard InChI is InChI=1S/C15H14N2O2/c18-14(9-12-5-2-1-3-6-12)15(19)17-11-13-7-4-8-16-10-13/h1-8,10H,9,11H2,(H,17,19). The van der Waals surface area contributed by atoms with E-state index in [1.165, 1.54) is 0 Å². The number of nitrogens with one attached hydrogen (secondary N) is 1. The zero-order valence-corrected chi connectivity index (χ0v) is 10.4. The van der Waals surface area contributed by atoms with Gasteiger partial charge >= 0.3 is 0 Å². The van der Waals surface area contributed by atoms with Crippen molar-refractivity contribution >= 4 is 11.7 Å². The third kappa shape index (κ3) is 4.03. The van der Waals surface area contributed by atoms with Gasteiger partial charge in [0.2, 0.25) is 5.78 Å². The first-order valence-electron chi connectivity index (χ1n) is 5.99. The lowest BCUT2D eigenvalue weighted by atomic mass is 10.1. The van der Waals surface area contributed by atoms with Crippen LogP contribution in [0.5, 0.6) is 0 Å². The summed E-state index contributed by atoms with van der Waals surface area (Å²) in [6.07, 6.45) is 3.44. The maximum absolute atomic E-state index is 11.7. The molecule has 0 saturated heterocycles. The molecule has 0 saturated carbocycles. The predicted molar refractivity (Wildman–Crippen MR) is 71.2 cm³/mol. The Bertz CT molecular complexity index is 553. The van der Waals surface area contributed by atoms with Gasteiger partial charge in [-0.05, 0) is 17.2 Å². The number of aromatic nitrogens is 1. The molecule has 1 heterocycles. The van der Waals surface area contributed by atoms with E-state index in [2.05, 4.69) is 10.3 Å². The number of pyridine rings is 1. The van der Waals surface area contributed by atoms with Crippen LogP contribution < -0.4 is 5.32 Å². The molecule has 19 heavy (non-hydrogen) atoms. The van der Waals surface area contributed by atoms with Gasteiger partial charge in [-0.25, -0.2) is 0 Å². The Hall–Kier alpha value is -2.49. The summed E-state index contributed by atoms with van der Waals surface area (Å²) in [5, 5.41) is 2.59. The molecule has 1 N–H and O–H groups in total. The lowest BCUT2D eigenvalue weighted by Gasteiger charge is -2.04. The number of Topliss-reactive ketones (excluding diaryl/α,β-unsaturated/α-hetero) is 1. The van der Waals surface area contributed by atoms with Gasteiger partial charge in [0, 0.05) is 25.4 Å². The van der Waals surface area contributed by atoms with E-state index in [-0.39, 0.29) is 6.42 Å². The quantitative estimate of drug-likeness (QED) is 0.823. The smallest absolute Gasteiger partial charge is 0.287 e. The van der Waals surface area contributed by atoms with E-state index >= 15 is 0 Å². The van der Waals surface area contributed by atoms with E-state index in [0.717, 1.165) is 11.1 Å². The van der Waals surface area contributed by atoms with Gasteiger partial charge in [-0.3, -0.25) is 14.6 Å². The summed E-state index contributed by atoms with van der Waals surface area (Å²) in [5.74, 6) is -0.997. The average molecular weight is 254 g/mol. The van der Waals surface area contributed by atoms with Gasteiger partial charge in [0.15, 0.2) is 0 Å². The van der Waals surface area contributed by atoms with E-state index in [1.807, 2.05) is 36.4 Å². The predicted octanol–water partition coefficient (Wildman–Crippen LogP) is 1.51. The van der Waals surface area contributed by atoms with Crippen LogP contribution in [-0.2, 0) is 22.6 Å². The molecule has 4 heteroatoms. The van der Waals surface area contributed by atoms with Crippen LogP contribution >= 0.6 is 0 Å². The van der Waals surface area contributed by atoms with Crippen molar-refractivity contribution in [3.8, 4) is 0 Å². The molecule has 0 spiro atoms. The normalized spacial score (nSPS) is 9.89. The minimum Gasteiger partial charge on any atom is -0.345 e. The van der Waals surface area contributed by atoms with Crippen molar-refractivity contribution in [2.45, 2.75) is 13.0 Å². The summed E-state index contributed by atoms with van der Waals surface area (Å²) in [5.41, 5.74) is 1.70. The maximum Gasteiger partial charge on any atom is 0.287 e. The van der Waals surface area contributed by atoms with Crippen molar-refractivity contribution in [3.05, 3.63) is 66.0 Å². The summed E-state index contributed by atoms with van der Waals surface area (Å²) < 4.78 is 0. The number of carbonyl (C=O) groups excluding carboxylic acids is 2. The Morgan fingerprint density at radius 3 is 2.42 bits per heavy atom. The molecule has 96 valence electrons. The summed E-state index contributed by atoms with van der Waals surface area (Å²) in [6, 6.07) is 12.8. The molecule has 1 amide bonds. The van der Waals surface area contributed by atoms with Gasteiger partial charge in [-0.1, -0.05) is 36.4 Å². The number of hydrogen-bond donors (Lipinski definition) is 1. The molecule has 2 aromatic rings. The van der Waals surface area contributed by atoms with Gasteiger partial charge < -0.3 is 5.32 Å². The number of carbonyl (C=O) groups is 2. The molecule has 2 rings (SSSR count). The second-order valence-electron chi connectivity index (χ2n) is 4.13. The maximum atomic E-state index is 11.7. The summed E-state index contributed by atoms with van der Waals surface area (Å²) in [7, 11) is 0. The molecule has 0 radical (unpaired) electrons. The third-order valence-electron chi connectivity index (χ3n) is 2.64. The molecule has 0 atom stereocenters. The van der Waals surface area contributed by atoms with Crippen LogP contribution in [0.2, 0.25) is 0 Å². The highest BCUT2D eigenvalue weighted by Gasteiger charge is 2.13. The highest BCUT2D eigenvalue weighted by atomic mass is 16.2. The highest BCUT2D eigenvalue weighted by molar-refractivity contribution is 6.36. The van der Waals surface area contributed by atoms with Gasteiger partial charge in [-0.15, -0.1) is 0 Å². The fraction of sp³-hybridized carbons (Fsp3) is 0.133. The monoisotopic (exact) mass is 254 g/mol. The van der Waals surface area contributed by atoms with Crippen LogP contribution in [0.15, 0.2) is 54.9 Å². The zero-order chi connectivity index (χ0) is 13.5. The first-order chi connectivity index (χ1) is 9.25. The van der Waals surface area contributed by atoms with Crippen molar-refractivity contribution in [2.24, 2.45) is 0 Å². The van der Waals surface area contributed by atoms with E-state index in [9.17, 15) is 9.59 Å². The molecule has 1 aromatic heterocycles.